The predicted octanol–water partition coefficient (Wildman–Crippen LogP) is 2.32. The van der Waals surface area contributed by atoms with Gasteiger partial charge in [-0.2, -0.15) is 0 Å². The lowest BCUT2D eigenvalue weighted by Crippen LogP contribution is -2.17. The molecule has 0 fully saturated rings. The molecule has 3 rings (SSSR count). The van der Waals surface area contributed by atoms with Gasteiger partial charge in [-0.1, -0.05) is 19.1 Å². The molecule has 9 nitrogen and oxygen atoms in total. The molecule has 4 N–H and O–H groups in total. The van der Waals surface area contributed by atoms with Crippen molar-refractivity contribution in [1.29, 1.82) is 0 Å². The van der Waals surface area contributed by atoms with Crippen molar-refractivity contribution in [2.75, 3.05) is 25.4 Å². The summed E-state index contributed by atoms with van der Waals surface area (Å²) in [4.78, 5) is 16.5. The minimum Gasteiger partial charge on any atom is -0.493 e. The van der Waals surface area contributed by atoms with Crippen molar-refractivity contribution in [3.8, 4) is 11.5 Å². The highest BCUT2D eigenvalue weighted by Crippen LogP contribution is 2.37. The number of rotatable bonds is 10. The number of benzene rings is 2. The zero-order chi connectivity index (χ0) is 23.3. The molecule has 0 aliphatic heterocycles. The second-order valence-electron chi connectivity index (χ2n) is 6.97. The van der Waals surface area contributed by atoms with E-state index in [-0.39, 0.29) is 11.4 Å². The third-order valence-electron chi connectivity index (χ3n) is 5.08. The largest absolute Gasteiger partial charge is 0.493 e. The summed E-state index contributed by atoms with van der Waals surface area (Å²) in [5.74, 6) is 0.293. The molecule has 1 amide bonds. The number of nitrogens with one attached hydrogen (secondary N) is 2. The lowest BCUT2D eigenvalue weighted by molar-refractivity contribution is 0.100. The number of hydrogen-bond donors (Lipinski definition) is 4. The number of nitrogens with two attached hydrogens (primary N) is 1. The molecular formula is C22H26N4O5S. The van der Waals surface area contributed by atoms with Gasteiger partial charge in [-0.05, 0) is 29.7 Å². The van der Waals surface area contributed by atoms with Gasteiger partial charge in [0.05, 0.1) is 36.9 Å². The van der Waals surface area contributed by atoms with Crippen LogP contribution < -0.4 is 25.8 Å². The summed E-state index contributed by atoms with van der Waals surface area (Å²) in [6, 6.07) is 9.18. The zero-order valence-electron chi connectivity index (χ0n) is 18.1. The van der Waals surface area contributed by atoms with Gasteiger partial charge in [0.25, 0.3) is 5.91 Å². The zero-order valence-corrected chi connectivity index (χ0v) is 19.0. The van der Waals surface area contributed by atoms with Crippen molar-refractivity contribution in [2.24, 2.45) is 5.73 Å². The molecule has 0 unspecified atom stereocenters. The number of carbonyl (C=O) groups is 1. The van der Waals surface area contributed by atoms with E-state index in [1.54, 1.807) is 12.1 Å². The molecule has 1 aromatic heterocycles. The Bertz CT molecular complexity index is 1220. The standard InChI is InChI=1S/C22H26N4O5S/c1-4-14-13(10-24-12-32(28)29)6-5-7-17(14)26-21-15-8-19(30-2)20(31-3)9-18(15)25-11-16(21)22(23)27/h5-9,11,24,32H,4,10,12H2,1-3H3,(H2,23,27)(H,25,26). The fraction of sp³-hybridized carbons (Fsp3) is 0.273. The number of thiol groups is 1. The third kappa shape index (κ3) is 4.92. The SMILES string of the molecule is CCc1c(CNC[SH](=O)=O)cccc1Nc1c(C(N)=O)cnc2cc(OC)c(OC)cc12. The van der Waals surface area contributed by atoms with Crippen molar-refractivity contribution >= 4 is 38.9 Å². The fourth-order valence-corrected chi connectivity index (χ4v) is 3.89. The molecule has 10 heteroatoms. The van der Waals surface area contributed by atoms with E-state index in [2.05, 4.69) is 15.6 Å². The van der Waals surface area contributed by atoms with Crippen molar-refractivity contribution in [1.82, 2.24) is 10.3 Å². The lowest BCUT2D eigenvalue weighted by Gasteiger charge is -2.19. The van der Waals surface area contributed by atoms with Gasteiger partial charge in [0.2, 0.25) is 0 Å². The quantitative estimate of drug-likeness (QED) is 0.340. The molecular weight excluding hydrogens is 432 g/mol. The van der Waals surface area contributed by atoms with Crippen molar-refractivity contribution in [2.45, 2.75) is 19.9 Å². The first-order valence-electron chi connectivity index (χ1n) is 9.94. The Morgan fingerprint density at radius 3 is 2.50 bits per heavy atom. The predicted molar refractivity (Wildman–Crippen MR) is 124 cm³/mol. The van der Waals surface area contributed by atoms with Gasteiger partial charge in [0, 0.05) is 29.9 Å². The summed E-state index contributed by atoms with van der Waals surface area (Å²) in [6.45, 7) is 2.40. The number of methoxy groups -OCH3 is 2. The summed E-state index contributed by atoms with van der Waals surface area (Å²) in [5.41, 5.74) is 9.70. The van der Waals surface area contributed by atoms with Crippen molar-refractivity contribution in [3.05, 3.63) is 53.2 Å². The number of carbonyl (C=O) groups excluding carboxylic acids is 1. The Kier molecular flexibility index (Phi) is 7.49. The summed E-state index contributed by atoms with van der Waals surface area (Å²) in [7, 11) is 0.564. The molecule has 3 aromatic rings. The molecule has 2 aromatic carbocycles. The Morgan fingerprint density at radius 2 is 1.88 bits per heavy atom. The van der Waals surface area contributed by atoms with Gasteiger partial charge in [0.15, 0.2) is 22.2 Å². The molecule has 0 saturated carbocycles. The van der Waals surface area contributed by atoms with Crippen LogP contribution in [0.1, 0.15) is 28.4 Å². The molecule has 0 atom stereocenters. The number of amides is 1. The molecule has 170 valence electrons. The first-order valence-corrected chi connectivity index (χ1v) is 11.3. The van der Waals surface area contributed by atoms with Crippen LogP contribution in [-0.2, 0) is 23.7 Å². The number of anilines is 2. The number of pyridine rings is 1. The molecule has 32 heavy (non-hydrogen) atoms. The van der Waals surface area contributed by atoms with Gasteiger partial charge >= 0.3 is 0 Å². The Balaban J connectivity index is 2.13. The van der Waals surface area contributed by atoms with Crippen LogP contribution in [0.15, 0.2) is 36.5 Å². The van der Waals surface area contributed by atoms with Crippen LogP contribution in [0, 0.1) is 0 Å². The fourth-order valence-electron chi connectivity index (χ4n) is 3.59. The first-order chi connectivity index (χ1) is 15.4. The van der Waals surface area contributed by atoms with Crippen molar-refractivity contribution in [3.63, 3.8) is 0 Å². The van der Waals surface area contributed by atoms with Gasteiger partial charge in [-0.25, -0.2) is 8.42 Å². The number of hydrogen-bond acceptors (Lipinski definition) is 8. The Labute approximate surface area is 187 Å². The number of aromatic nitrogens is 1. The average molecular weight is 459 g/mol. The average Bonchev–Trinajstić information content (AvgIpc) is 2.78. The van der Waals surface area contributed by atoms with Crippen LogP contribution >= 0.6 is 0 Å². The second kappa shape index (κ2) is 10.3. The maximum atomic E-state index is 12.2. The monoisotopic (exact) mass is 458 g/mol. The lowest BCUT2D eigenvalue weighted by atomic mass is 10.0. The molecule has 0 aliphatic carbocycles. The van der Waals surface area contributed by atoms with Crippen LogP contribution in [0.4, 0.5) is 11.4 Å². The van der Waals surface area contributed by atoms with Crippen LogP contribution in [0.5, 0.6) is 11.5 Å². The van der Waals surface area contributed by atoms with Gasteiger partial charge in [-0.15, -0.1) is 0 Å². The van der Waals surface area contributed by atoms with E-state index >= 15 is 0 Å². The number of ether oxygens (including phenoxy) is 2. The third-order valence-corrected chi connectivity index (χ3v) is 5.56. The van der Waals surface area contributed by atoms with Crippen LogP contribution in [0.3, 0.4) is 0 Å². The topological polar surface area (TPSA) is 133 Å². The highest BCUT2D eigenvalue weighted by Gasteiger charge is 2.18. The van der Waals surface area contributed by atoms with E-state index in [4.69, 9.17) is 15.2 Å². The molecule has 1 heterocycles. The van der Waals surface area contributed by atoms with E-state index < -0.39 is 16.6 Å². The minimum atomic E-state index is -2.51. The highest BCUT2D eigenvalue weighted by molar-refractivity contribution is 7.72. The van der Waals surface area contributed by atoms with E-state index in [1.165, 1.54) is 20.4 Å². The molecule has 0 spiro atoms. The van der Waals surface area contributed by atoms with Gasteiger partial charge < -0.3 is 20.5 Å². The van der Waals surface area contributed by atoms with Gasteiger partial charge in [-0.3, -0.25) is 15.1 Å². The maximum absolute atomic E-state index is 12.2. The number of nitrogens with zero attached hydrogens (tertiary/aromatic N) is 1. The molecule has 0 radical (unpaired) electrons. The molecule has 0 saturated heterocycles. The van der Waals surface area contributed by atoms with Gasteiger partial charge in [0.1, 0.15) is 0 Å². The highest BCUT2D eigenvalue weighted by atomic mass is 32.2. The first kappa shape index (κ1) is 23.3. The summed E-state index contributed by atoms with van der Waals surface area (Å²) >= 11 is 0. The van der Waals surface area contributed by atoms with E-state index in [0.717, 1.165) is 16.8 Å². The Hall–Kier alpha value is -3.37. The molecule has 0 bridgehead atoms. The summed E-state index contributed by atoms with van der Waals surface area (Å²) in [5, 5.41) is 6.92. The van der Waals surface area contributed by atoms with E-state index in [0.29, 0.717) is 41.1 Å². The van der Waals surface area contributed by atoms with Crippen molar-refractivity contribution < 1.29 is 22.7 Å². The van der Waals surface area contributed by atoms with Crippen LogP contribution in [-0.4, -0.2) is 39.4 Å². The second-order valence-corrected chi connectivity index (χ2v) is 7.96. The number of primary amides is 1. The van der Waals surface area contributed by atoms with Crippen LogP contribution in [0.25, 0.3) is 10.9 Å². The maximum Gasteiger partial charge on any atom is 0.252 e. The van der Waals surface area contributed by atoms with E-state index in [1.807, 2.05) is 25.1 Å². The smallest absolute Gasteiger partial charge is 0.252 e. The molecule has 0 aliphatic rings. The normalized spacial score (nSPS) is 11.0. The Morgan fingerprint density at radius 1 is 1.16 bits per heavy atom. The summed E-state index contributed by atoms with van der Waals surface area (Å²) in [6.07, 6.45) is 2.12. The number of fused-ring (bicyclic) bond motifs is 1. The summed E-state index contributed by atoms with van der Waals surface area (Å²) < 4.78 is 32.5. The van der Waals surface area contributed by atoms with Crippen LogP contribution in [0.2, 0.25) is 0 Å². The minimum absolute atomic E-state index is 0.0986. The van der Waals surface area contributed by atoms with E-state index in [9.17, 15) is 13.2 Å².